The molecule has 3 N–H and O–H groups in total. The number of aliphatic hydroxyl groups is 2. The van der Waals surface area contributed by atoms with Crippen LogP contribution in [0.25, 0.3) is 0 Å². The van der Waals surface area contributed by atoms with E-state index in [4.69, 9.17) is 9.47 Å². The fourth-order valence-electron chi connectivity index (χ4n) is 3.65. The van der Waals surface area contributed by atoms with Gasteiger partial charge in [-0.05, 0) is 13.8 Å². The first-order chi connectivity index (χ1) is 14.3. The summed E-state index contributed by atoms with van der Waals surface area (Å²) in [6, 6.07) is 0. The van der Waals surface area contributed by atoms with Gasteiger partial charge in [-0.3, -0.25) is 39.0 Å². The third-order valence-electron chi connectivity index (χ3n) is 4.88. The highest BCUT2D eigenvalue weighted by Crippen LogP contribution is 2.40. The lowest BCUT2D eigenvalue weighted by Crippen LogP contribution is -2.60. The van der Waals surface area contributed by atoms with Gasteiger partial charge in [0.2, 0.25) is 11.2 Å². The lowest BCUT2D eigenvalue weighted by atomic mass is 9.80. The molecule has 2 unspecified atom stereocenters. The van der Waals surface area contributed by atoms with Crippen LogP contribution >= 0.6 is 0 Å². The number of carbonyl (C=O) groups is 6. The number of ether oxygens (including phenoxy) is 2. The minimum atomic E-state index is -2.66. The largest absolute Gasteiger partial charge is 0.497 e. The number of methoxy groups -OCH3 is 2. The second kappa shape index (κ2) is 8.04. The van der Waals surface area contributed by atoms with E-state index >= 15 is 0 Å². The number of carbonyl (C=O) groups excluding carboxylic acids is 6. The highest BCUT2D eigenvalue weighted by atomic mass is 16.5. The van der Waals surface area contributed by atoms with Gasteiger partial charge in [0.25, 0.3) is 23.6 Å². The second-order valence-corrected chi connectivity index (χ2v) is 7.25. The van der Waals surface area contributed by atoms with Crippen molar-refractivity contribution in [3.05, 3.63) is 22.7 Å². The summed E-state index contributed by atoms with van der Waals surface area (Å²) in [4.78, 5) is 74.5. The van der Waals surface area contributed by atoms with E-state index in [-0.39, 0.29) is 0 Å². The summed E-state index contributed by atoms with van der Waals surface area (Å²) in [5, 5.41) is 23.7. The molecule has 4 amide bonds. The van der Waals surface area contributed by atoms with Gasteiger partial charge in [-0.2, -0.15) is 0 Å². The van der Waals surface area contributed by atoms with Crippen LogP contribution in [0.15, 0.2) is 22.7 Å². The zero-order valence-corrected chi connectivity index (χ0v) is 17.5. The number of likely N-dealkylation sites (N-methyl/N-ethyl adjacent to an activating group) is 1. The molecule has 0 aromatic rings. The number of ketones is 2. The Hall–Kier alpha value is -3.38. The van der Waals surface area contributed by atoms with Crippen molar-refractivity contribution < 1.29 is 48.5 Å². The summed E-state index contributed by atoms with van der Waals surface area (Å²) >= 11 is 0. The summed E-state index contributed by atoms with van der Waals surface area (Å²) in [5.74, 6) is -7.55. The predicted molar refractivity (Wildman–Crippen MR) is 99.5 cm³/mol. The molecule has 2 aliphatic heterocycles. The molecule has 31 heavy (non-hydrogen) atoms. The van der Waals surface area contributed by atoms with E-state index in [1.54, 1.807) is 0 Å². The smallest absolute Gasteiger partial charge is 0.269 e. The van der Waals surface area contributed by atoms with Crippen LogP contribution in [-0.4, -0.2) is 82.8 Å². The molecule has 2 atom stereocenters. The molecule has 12 heteroatoms. The van der Waals surface area contributed by atoms with Crippen molar-refractivity contribution in [3.8, 4) is 0 Å². The Morgan fingerprint density at radius 1 is 0.903 bits per heavy atom. The Bertz CT molecular complexity index is 978. The normalized spacial score (nSPS) is 26.9. The minimum Gasteiger partial charge on any atom is -0.497 e. The van der Waals surface area contributed by atoms with Gasteiger partial charge in [-0.25, -0.2) is 0 Å². The predicted octanol–water partition coefficient (Wildman–Crippen LogP) is -2.14. The van der Waals surface area contributed by atoms with Gasteiger partial charge in [-0.1, -0.05) is 0 Å². The number of amides is 4. The van der Waals surface area contributed by atoms with E-state index in [0.29, 0.717) is 4.90 Å². The van der Waals surface area contributed by atoms with Crippen molar-refractivity contribution in [3.63, 3.8) is 0 Å². The van der Waals surface area contributed by atoms with Gasteiger partial charge in [0.15, 0.2) is 11.5 Å². The Kier molecular flexibility index (Phi) is 6.20. The number of hydrogen-bond donors (Lipinski definition) is 3. The standard InChI is InChI=1S/C19H22N2O10/c1-8(22)6-18(28)12(30-4)10(14(24)20-16(18)26)11-13(31-5)19(29,7-9(2)23)17(27)21(3)15(11)25/h28-29H,6-7H2,1-5H3,(H,20,24,26). The maximum Gasteiger partial charge on any atom is 0.269 e. The molecule has 2 rings (SSSR count). The van der Waals surface area contributed by atoms with Gasteiger partial charge in [0.05, 0.1) is 38.2 Å². The Morgan fingerprint density at radius 3 is 1.81 bits per heavy atom. The summed E-state index contributed by atoms with van der Waals surface area (Å²) in [5.41, 5.74) is -6.74. The van der Waals surface area contributed by atoms with Crippen LogP contribution in [0.1, 0.15) is 26.7 Å². The van der Waals surface area contributed by atoms with Gasteiger partial charge in [0.1, 0.15) is 11.6 Å². The highest BCUT2D eigenvalue weighted by molar-refractivity contribution is 6.23. The molecule has 2 heterocycles. The number of imide groups is 2. The van der Waals surface area contributed by atoms with Crippen molar-refractivity contribution >= 4 is 35.2 Å². The molecule has 0 saturated heterocycles. The molecule has 0 bridgehead atoms. The average Bonchev–Trinajstić information content (AvgIpc) is 2.65. The minimum absolute atomic E-state index is 0.467. The van der Waals surface area contributed by atoms with Crippen LogP contribution in [0.2, 0.25) is 0 Å². The van der Waals surface area contributed by atoms with Crippen molar-refractivity contribution in [1.82, 2.24) is 10.2 Å². The van der Waals surface area contributed by atoms with Gasteiger partial charge < -0.3 is 19.7 Å². The van der Waals surface area contributed by atoms with Crippen LogP contribution in [0.4, 0.5) is 0 Å². The van der Waals surface area contributed by atoms with Crippen molar-refractivity contribution in [2.75, 3.05) is 21.3 Å². The number of rotatable bonds is 7. The summed E-state index contributed by atoms with van der Waals surface area (Å²) in [6.45, 7) is 2.17. The zero-order valence-electron chi connectivity index (χ0n) is 17.5. The summed E-state index contributed by atoms with van der Waals surface area (Å²) in [6.07, 6.45) is -1.58. The molecule has 0 aromatic carbocycles. The third-order valence-corrected chi connectivity index (χ3v) is 4.88. The maximum atomic E-state index is 13.0. The SMILES string of the molecule is COC1=C(C2=C(OC)C(O)(CC(C)=O)C(=O)N(C)C2=O)C(=O)NC(=O)C1(O)CC(C)=O. The number of hydrogen-bond acceptors (Lipinski definition) is 10. The van der Waals surface area contributed by atoms with E-state index in [0.717, 1.165) is 35.1 Å². The summed E-state index contributed by atoms with van der Waals surface area (Å²) < 4.78 is 10.2. The van der Waals surface area contributed by atoms with Crippen LogP contribution in [-0.2, 0) is 38.2 Å². The molecule has 168 valence electrons. The first kappa shape index (κ1) is 23.9. The highest BCUT2D eigenvalue weighted by Gasteiger charge is 2.57. The van der Waals surface area contributed by atoms with E-state index in [9.17, 15) is 39.0 Å². The molecule has 0 spiro atoms. The van der Waals surface area contributed by atoms with Crippen molar-refractivity contribution in [2.45, 2.75) is 37.9 Å². The van der Waals surface area contributed by atoms with E-state index < -0.39 is 81.9 Å². The first-order valence-electron chi connectivity index (χ1n) is 8.96. The quantitative estimate of drug-likeness (QED) is 0.372. The van der Waals surface area contributed by atoms with Gasteiger partial charge >= 0.3 is 0 Å². The Balaban J connectivity index is 2.98. The van der Waals surface area contributed by atoms with E-state index in [2.05, 4.69) is 0 Å². The molecule has 12 nitrogen and oxygen atoms in total. The van der Waals surface area contributed by atoms with Crippen LogP contribution in [0, 0.1) is 0 Å². The molecule has 0 saturated carbocycles. The lowest BCUT2D eigenvalue weighted by Gasteiger charge is -2.39. The molecule has 0 fully saturated rings. The van der Waals surface area contributed by atoms with Crippen LogP contribution in [0.5, 0.6) is 0 Å². The topological polar surface area (TPSA) is 177 Å². The Morgan fingerprint density at radius 2 is 1.35 bits per heavy atom. The van der Waals surface area contributed by atoms with Crippen molar-refractivity contribution in [2.24, 2.45) is 0 Å². The average molecular weight is 438 g/mol. The monoisotopic (exact) mass is 438 g/mol. The maximum absolute atomic E-state index is 13.0. The lowest BCUT2D eigenvalue weighted by molar-refractivity contribution is -0.161. The molecule has 0 radical (unpaired) electrons. The number of nitrogens with one attached hydrogen (secondary N) is 1. The molecular weight excluding hydrogens is 416 g/mol. The third kappa shape index (κ3) is 3.64. The second-order valence-electron chi connectivity index (χ2n) is 7.25. The fraction of sp³-hybridized carbons (Fsp3) is 0.474. The number of nitrogens with zero attached hydrogens (tertiary/aromatic N) is 1. The van der Waals surface area contributed by atoms with Crippen LogP contribution < -0.4 is 5.32 Å². The van der Waals surface area contributed by atoms with E-state index in [1.165, 1.54) is 0 Å². The van der Waals surface area contributed by atoms with Crippen molar-refractivity contribution in [1.29, 1.82) is 0 Å². The fourth-order valence-corrected chi connectivity index (χ4v) is 3.65. The van der Waals surface area contributed by atoms with Gasteiger partial charge in [-0.15, -0.1) is 0 Å². The van der Waals surface area contributed by atoms with Crippen LogP contribution in [0.3, 0.4) is 0 Å². The van der Waals surface area contributed by atoms with Gasteiger partial charge in [0, 0.05) is 7.05 Å². The van der Waals surface area contributed by atoms with E-state index in [1.807, 2.05) is 5.32 Å². The molecule has 2 aliphatic rings. The first-order valence-corrected chi connectivity index (χ1v) is 8.96. The zero-order chi connectivity index (χ0) is 23.9. The molecule has 0 aliphatic carbocycles. The molecular formula is C19H22N2O10. The summed E-state index contributed by atoms with van der Waals surface area (Å²) in [7, 11) is 2.99. The molecule has 0 aromatic heterocycles. The number of Topliss-reactive ketones (excluding diaryl/α,β-unsaturated/α-hetero) is 2. The Labute approximate surface area is 176 Å².